The Hall–Kier alpha value is -0.0400. The number of nitrogens with two attached hydrogens (primary N) is 1. The van der Waals surface area contributed by atoms with E-state index in [-0.39, 0.29) is 0 Å². The van der Waals surface area contributed by atoms with E-state index in [2.05, 4.69) is 13.8 Å². The average molecular weight is 225 g/mol. The first kappa shape index (κ1) is 14.0. The van der Waals surface area contributed by atoms with Crippen molar-refractivity contribution in [2.75, 3.05) is 0 Å². The zero-order chi connectivity index (χ0) is 11.8. The maximum atomic E-state index is 6.24. The normalized spacial score (nSPS) is 21.0. The summed E-state index contributed by atoms with van der Waals surface area (Å²) in [7, 11) is 0. The Balaban J connectivity index is 2.09. The van der Waals surface area contributed by atoms with Crippen molar-refractivity contribution in [3.63, 3.8) is 0 Å². The van der Waals surface area contributed by atoms with Gasteiger partial charge in [0.15, 0.2) is 0 Å². The fraction of sp³-hybridized carbons (Fsp3) is 1.00. The summed E-state index contributed by atoms with van der Waals surface area (Å²) in [6, 6.07) is 0.474. The largest absolute Gasteiger partial charge is 0.328 e. The summed E-state index contributed by atoms with van der Waals surface area (Å²) >= 11 is 0. The minimum atomic E-state index is 0.474. The summed E-state index contributed by atoms with van der Waals surface area (Å²) in [5, 5.41) is 0. The molecule has 2 N–H and O–H groups in total. The van der Waals surface area contributed by atoms with Crippen LogP contribution in [0.1, 0.15) is 78.1 Å². The van der Waals surface area contributed by atoms with Crippen LogP contribution in [-0.4, -0.2) is 6.04 Å². The van der Waals surface area contributed by atoms with E-state index in [9.17, 15) is 0 Å². The van der Waals surface area contributed by atoms with E-state index < -0.39 is 0 Å². The molecule has 1 rings (SSSR count). The smallest absolute Gasteiger partial charge is 0.00414 e. The Labute approximate surface area is 102 Å². The lowest BCUT2D eigenvalue weighted by Gasteiger charge is -2.19. The standard InChI is InChI=1S/C15H31N/c1-13(2)8-7-11-15(16)12-14-9-5-3-4-6-10-14/h13-15H,3-12,16H2,1-2H3. The molecule has 0 aromatic rings. The molecule has 1 aliphatic carbocycles. The van der Waals surface area contributed by atoms with Crippen LogP contribution in [0, 0.1) is 11.8 Å². The van der Waals surface area contributed by atoms with E-state index in [0.717, 1.165) is 11.8 Å². The molecule has 0 amide bonds. The highest BCUT2D eigenvalue weighted by molar-refractivity contribution is 4.71. The van der Waals surface area contributed by atoms with Gasteiger partial charge in [0.1, 0.15) is 0 Å². The monoisotopic (exact) mass is 225 g/mol. The van der Waals surface area contributed by atoms with E-state index in [1.54, 1.807) is 0 Å². The van der Waals surface area contributed by atoms with Gasteiger partial charge in [0.2, 0.25) is 0 Å². The van der Waals surface area contributed by atoms with E-state index in [0.29, 0.717) is 6.04 Å². The maximum absolute atomic E-state index is 6.24. The van der Waals surface area contributed by atoms with Crippen molar-refractivity contribution in [3.05, 3.63) is 0 Å². The summed E-state index contributed by atoms with van der Waals surface area (Å²) in [6.45, 7) is 4.60. The molecule has 0 aromatic carbocycles. The van der Waals surface area contributed by atoms with Crippen molar-refractivity contribution in [1.29, 1.82) is 0 Å². The van der Waals surface area contributed by atoms with Crippen LogP contribution in [-0.2, 0) is 0 Å². The first-order valence-electron chi connectivity index (χ1n) is 7.44. The van der Waals surface area contributed by atoms with Gasteiger partial charge < -0.3 is 5.73 Å². The van der Waals surface area contributed by atoms with E-state index in [4.69, 9.17) is 5.73 Å². The molecule has 0 aromatic heterocycles. The summed E-state index contributed by atoms with van der Waals surface area (Å²) < 4.78 is 0. The quantitative estimate of drug-likeness (QED) is 0.662. The van der Waals surface area contributed by atoms with Crippen LogP contribution in [0.4, 0.5) is 0 Å². The molecule has 1 aliphatic rings. The molecule has 0 saturated heterocycles. The highest BCUT2D eigenvalue weighted by Gasteiger charge is 2.15. The molecule has 0 heterocycles. The Morgan fingerprint density at radius 3 is 2.19 bits per heavy atom. The van der Waals surface area contributed by atoms with E-state index >= 15 is 0 Å². The first-order chi connectivity index (χ1) is 7.68. The van der Waals surface area contributed by atoms with Crippen molar-refractivity contribution in [3.8, 4) is 0 Å². The van der Waals surface area contributed by atoms with E-state index in [1.807, 2.05) is 0 Å². The second-order valence-corrected chi connectivity index (χ2v) is 6.18. The fourth-order valence-electron chi connectivity index (χ4n) is 2.93. The van der Waals surface area contributed by atoms with Crippen molar-refractivity contribution < 1.29 is 0 Å². The van der Waals surface area contributed by atoms with Gasteiger partial charge in [0, 0.05) is 6.04 Å². The van der Waals surface area contributed by atoms with Crippen LogP contribution >= 0.6 is 0 Å². The summed E-state index contributed by atoms with van der Waals surface area (Å²) in [4.78, 5) is 0. The number of hydrogen-bond acceptors (Lipinski definition) is 1. The minimum Gasteiger partial charge on any atom is -0.328 e. The van der Waals surface area contributed by atoms with Gasteiger partial charge in [-0.15, -0.1) is 0 Å². The lowest BCUT2D eigenvalue weighted by atomic mass is 9.90. The molecule has 0 spiro atoms. The highest BCUT2D eigenvalue weighted by Crippen LogP contribution is 2.27. The Bertz CT molecular complexity index is 157. The van der Waals surface area contributed by atoms with Crippen molar-refractivity contribution >= 4 is 0 Å². The van der Waals surface area contributed by atoms with Gasteiger partial charge in [-0.1, -0.05) is 65.2 Å². The van der Waals surface area contributed by atoms with Gasteiger partial charge >= 0.3 is 0 Å². The molecule has 1 saturated carbocycles. The molecule has 1 fully saturated rings. The molecule has 1 nitrogen and oxygen atoms in total. The maximum Gasteiger partial charge on any atom is 0.00414 e. The molecular weight excluding hydrogens is 194 g/mol. The molecule has 96 valence electrons. The van der Waals surface area contributed by atoms with Gasteiger partial charge in [0.05, 0.1) is 0 Å². The Morgan fingerprint density at radius 1 is 1.00 bits per heavy atom. The van der Waals surface area contributed by atoms with Crippen LogP contribution < -0.4 is 5.73 Å². The van der Waals surface area contributed by atoms with Crippen LogP contribution in [0.3, 0.4) is 0 Å². The third-order valence-electron chi connectivity index (χ3n) is 3.97. The van der Waals surface area contributed by atoms with Crippen LogP contribution in [0.2, 0.25) is 0 Å². The van der Waals surface area contributed by atoms with Crippen LogP contribution in [0.25, 0.3) is 0 Å². The second-order valence-electron chi connectivity index (χ2n) is 6.18. The van der Waals surface area contributed by atoms with Crippen molar-refractivity contribution in [1.82, 2.24) is 0 Å². The molecule has 0 radical (unpaired) electrons. The van der Waals surface area contributed by atoms with Crippen molar-refractivity contribution in [2.24, 2.45) is 17.6 Å². The Morgan fingerprint density at radius 2 is 1.62 bits per heavy atom. The average Bonchev–Trinajstić information content (AvgIpc) is 2.45. The molecule has 1 atom stereocenters. The SMILES string of the molecule is CC(C)CCCC(N)CC1CCCCCC1. The van der Waals surface area contributed by atoms with Gasteiger partial charge in [0.25, 0.3) is 0 Å². The third kappa shape index (κ3) is 6.52. The second kappa shape index (κ2) is 8.11. The van der Waals surface area contributed by atoms with Crippen molar-refractivity contribution in [2.45, 2.75) is 84.1 Å². The molecule has 0 aliphatic heterocycles. The van der Waals surface area contributed by atoms with Gasteiger partial charge in [-0.2, -0.15) is 0 Å². The molecule has 16 heavy (non-hydrogen) atoms. The first-order valence-corrected chi connectivity index (χ1v) is 7.44. The number of rotatable bonds is 6. The summed E-state index contributed by atoms with van der Waals surface area (Å²) in [6.07, 6.45) is 13.9. The third-order valence-corrected chi connectivity index (χ3v) is 3.97. The summed E-state index contributed by atoms with van der Waals surface area (Å²) in [5.74, 6) is 1.78. The molecule has 1 unspecified atom stereocenters. The predicted molar refractivity (Wildman–Crippen MR) is 72.5 cm³/mol. The fourth-order valence-corrected chi connectivity index (χ4v) is 2.93. The zero-order valence-electron chi connectivity index (χ0n) is 11.4. The lowest BCUT2D eigenvalue weighted by molar-refractivity contribution is 0.368. The Kier molecular flexibility index (Phi) is 7.11. The zero-order valence-corrected chi connectivity index (χ0v) is 11.4. The predicted octanol–water partition coefficient (Wildman–Crippen LogP) is 4.50. The molecule has 1 heteroatoms. The molecular formula is C15H31N. The van der Waals surface area contributed by atoms with Crippen LogP contribution in [0.5, 0.6) is 0 Å². The highest BCUT2D eigenvalue weighted by atomic mass is 14.6. The minimum absolute atomic E-state index is 0.474. The van der Waals surface area contributed by atoms with Gasteiger partial charge in [-0.3, -0.25) is 0 Å². The van der Waals surface area contributed by atoms with Gasteiger partial charge in [-0.25, -0.2) is 0 Å². The number of hydrogen-bond donors (Lipinski definition) is 1. The topological polar surface area (TPSA) is 26.0 Å². The lowest BCUT2D eigenvalue weighted by Crippen LogP contribution is -2.23. The molecule has 0 bridgehead atoms. The summed E-state index contributed by atoms with van der Waals surface area (Å²) in [5.41, 5.74) is 6.24. The van der Waals surface area contributed by atoms with E-state index in [1.165, 1.54) is 64.2 Å². The van der Waals surface area contributed by atoms with Gasteiger partial charge in [-0.05, 0) is 24.7 Å². The van der Waals surface area contributed by atoms with Crippen LogP contribution in [0.15, 0.2) is 0 Å².